The third kappa shape index (κ3) is 6.20. The van der Waals surface area contributed by atoms with Gasteiger partial charge in [-0.15, -0.1) is 11.6 Å². The Hall–Kier alpha value is -2.14. The average molecular weight is 405 g/mol. The second kappa shape index (κ2) is 9.37. The third-order valence-electron chi connectivity index (χ3n) is 4.20. The van der Waals surface area contributed by atoms with E-state index in [-0.39, 0.29) is 24.2 Å². The molecule has 152 valence electrons. The highest BCUT2D eigenvalue weighted by atomic mass is 35.5. The quantitative estimate of drug-likeness (QED) is 0.501. The molecule has 1 heterocycles. The number of pyridine rings is 1. The Morgan fingerprint density at radius 2 is 1.93 bits per heavy atom. The molecule has 0 radical (unpaired) electrons. The molecule has 0 saturated carbocycles. The van der Waals surface area contributed by atoms with Crippen LogP contribution in [-0.4, -0.2) is 39.3 Å². The van der Waals surface area contributed by atoms with Gasteiger partial charge >= 0.3 is 5.97 Å². The van der Waals surface area contributed by atoms with Crippen molar-refractivity contribution in [3.05, 3.63) is 42.1 Å². The average Bonchev–Trinajstić information content (AvgIpc) is 2.62. The second-order valence-electron chi connectivity index (χ2n) is 8.36. The van der Waals surface area contributed by atoms with Gasteiger partial charge in [0.2, 0.25) is 5.91 Å². The predicted octanol–water partition coefficient (Wildman–Crippen LogP) is 4.56. The summed E-state index contributed by atoms with van der Waals surface area (Å²) in [5.74, 6) is -0.664. The number of nitrogens with zero attached hydrogens (tertiary/aromatic N) is 2. The van der Waals surface area contributed by atoms with Gasteiger partial charge in [0.15, 0.2) is 0 Å². The molecule has 0 fully saturated rings. The second-order valence-corrected chi connectivity index (χ2v) is 8.63. The zero-order chi connectivity index (χ0) is 20.9. The summed E-state index contributed by atoms with van der Waals surface area (Å²) in [5, 5.41) is 0.982. The Bertz CT molecular complexity index is 830. The predicted molar refractivity (Wildman–Crippen MR) is 112 cm³/mol. The topological polar surface area (TPSA) is 59.5 Å². The van der Waals surface area contributed by atoms with Crippen molar-refractivity contribution in [2.24, 2.45) is 5.92 Å². The van der Waals surface area contributed by atoms with E-state index in [4.69, 9.17) is 16.3 Å². The largest absolute Gasteiger partial charge is 0.458 e. The van der Waals surface area contributed by atoms with Crippen LogP contribution in [0, 0.1) is 5.92 Å². The number of carbonyl (C=O) groups is 2. The van der Waals surface area contributed by atoms with Crippen LogP contribution >= 0.6 is 11.6 Å². The number of amides is 1. The van der Waals surface area contributed by atoms with Crippen molar-refractivity contribution in [2.75, 3.05) is 5.88 Å². The van der Waals surface area contributed by atoms with Crippen LogP contribution in [0.3, 0.4) is 0 Å². The number of hydrogen-bond donors (Lipinski definition) is 0. The van der Waals surface area contributed by atoms with E-state index in [0.29, 0.717) is 6.42 Å². The third-order valence-corrected chi connectivity index (χ3v) is 4.43. The van der Waals surface area contributed by atoms with Crippen LogP contribution in [0.1, 0.15) is 46.6 Å². The molecule has 1 aromatic carbocycles. The normalized spacial score (nSPS) is 12.8. The lowest BCUT2D eigenvalue weighted by atomic mass is 10.0. The fraction of sp³-hybridized carbons (Fsp3) is 0.500. The first kappa shape index (κ1) is 22.2. The molecule has 0 aliphatic rings. The number of fused-ring (bicyclic) bond motifs is 1. The maximum atomic E-state index is 12.9. The highest BCUT2D eigenvalue weighted by Crippen LogP contribution is 2.22. The van der Waals surface area contributed by atoms with Crippen molar-refractivity contribution in [2.45, 2.75) is 59.2 Å². The van der Waals surface area contributed by atoms with Crippen molar-refractivity contribution in [1.82, 2.24) is 9.88 Å². The summed E-state index contributed by atoms with van der Waals surface area (Å²) in [6.07, 6.45) is 2.25. The summed E-state index contributed by atoms with van der Waals surface area (Å²) in [6, 6.07) is 8.98. The van der Waals surface area contributed by atoms with Crippen LogP contribution in [0.4, 0.5) is 0 Å². The maximum Gasteiger partial charge on any atom is 0.329 e. The van der Waals surface area contributed by atoms with Gasteiger partial charge in [0.05, 0.1) is 5.52 Å². The fourth-order valence-corrected chi connectivity index (χ4v) is 3.19. The number of halogens is 1. The zero-order valence-electron chi connectivity index (χ0n) is 17.2. The Labute approximate surface area is 172 Å². The van der Waals surface area contributed by atoms with Gasteiger partial charge in [-0.05, 0) is 56.9 Å². The Morgan fingerprint density at radius 3 is 2.54 bits per heavy atom. The molecule has 6 heteroatoms. The molecule has 0 saturated heterocycles. The molecule has 28 heavy (non-hydrogen) atoms. The van der Waals surface area contributed by atoms with Crippen LogP contribution in [0.5, 0.6) is 0 Å². The van der Waals surface area contributed by atoms with Gasteiger partial charge in [0.1, 0.15) is 17.5 Å². The number of aromatic nitrogens is 1. The van der Waals surface area contributed by atoms with E-state index in [0.717, 1.165) is 16.5 Å². The first-order chi connectivity index (χ1) is 13.1. The first-order valence-corrected chi connectivity index (χ1v) is 10.1. The maximum absolute atomic E-state index is 12.9. The van der Waals surface area contributed by atoms with Crippen LogP contribution in [0.2, 0.25) is 0 Å². The lowest BCUT2D eigenvalue weighted by Crippen LogP contribution is -2.48. The lowest BCUT2D eigenvalue weighted by Gasteiger charge is -2.33. The highest BCUT2D eigenvalue weighted by molar-refractivity contribution is 6.27. The molecule has 0 bridgehead atoms. The Morgan fingerprint density at radius 1 is 1.21 bits per heavy atom. The van der Waals surface area contributed by atoms with Crippen LogP contribution in [0.25, 0.3) is 10.9 Å². The van der Waals surface area contributed by atoms with Gasteiger partial charge < -0.3 is 9.64 Å². The first-order valence-electron chi connectivity index (χ1n) is 9.52. The van der Waals surface area contributed by atoms with Crippen molar-refractivity contribution >= 4 is 34.4 Å². The summed E-state index contributed by atoms with van der Waals surface area (Å²) in [7, 11) is 0. The number of benzene rings is 1. The van der Waals surface area contributed by atoms with E-state index in [1.165, 1.54) is 0 Å². The zero-order valence-corrected chi connectivity index (χ0v) is 18.0. The van der Waals surface area contributed by atoms with Gasteiger partial charge in [-0.2, -0.15) is 0 Å². The van der Waals surface area contributed by atoms with Gasteiger partial charge in [-0.3, -0.25) is 9.78 Å². The molecule has 0 spiro atoms. The van der Waals surface area contributed by atoms with E-state index in [1.807, 2.05) is 65.0 Å². The smallest absolute Gasteiger partial charge is 0.329 e. The number of hydrogen-bond acceptors (Lipinski definition) is 4. The van der Waals surface area contributed by atoms with Gasteiger partial charge in [0.25, 0.3) is 0 Å². The minimum absolute atomic E-state index is 0.188. The minimum Gasteiger partial charge on any atom is -0.458 e. The molecular weight excluding hydrogens is 376 g/mol. The van der Waals surface area contributed by atoms with Crippen molar-refractivity contribution in [3.8, 4) is 0 Å². The monoisotopic (exact) mass is 404 g/mol. The molecule has 0 aliphatic carbocycles. The summed E-state index contributed by atoms with van der Waals surface area (Å²) in [6.45, 7) is 9.78. The summed E-state index contributed by atoms with van der Waals surface area (Å²) < 4.78 is 5.60. The van der Waals surface area contributed by atoms with Gasteiger partial charge in [-0.1, -0.05) is 26.0 Å². The van der Waals surface area contributed by atoms with Crippen LogP contribution in [-0.2, 0) is 20.9 Å². The van der Waals surface area contributed by atoms with Crippen LogP contribution in [0.15, 0.2) is 36.5 Å². The lowest BCUT2D eigenvalue weighted by molar-refractivity contribution is -0.165. The molecule has 0 N–H and O–H groups in total. The van der Waals surface area contributed by atoms with Crippen molar-refractivity contribution < 1.29 is 14.3 Å². The number of carbonyl (C=O) groups excluding carboxylic acids is 2. The standard InChI is InChI=1S/C22H29ClN2O3/c1-15(2)11-19(21(27)28-22(3,4)5)25(20(26)13-23)14-16-8-9-18-17(12-16)7-6-10-24-18/h6-10,12,15,19H,11,13-14H2,1-5H3/t19-/m0/s1. The van der Waals surface area contributed by atoms with Crippen LogP contribution < -0.4 is 0 Å². The molecule has 1 atom stereocenters. The fourth-order valence-electron chi connectivity index (χ4n) is 3.04. The molecular formula is C22H29ClN2O3. The molecule has 5 nitrogen and oxygen atoms in total. The van der Waals surface area contributed by atoms with E-state index in [1.54, 1.807) is 11.1 Å². The summed E-state index contributed by atoms with van der Waals surface area (Å²) in [5.41, 5.74) is 1.17. The molecule has 1 amide bonds. The molecule has 0 unspecified atom stereocenters. The number of alkyl halides is 1. The van der Waals surface area contributed by atoms with Gasteiger partial charge in [0, 0.05) is 18.1 Å². The van der Waals surface area contributed by atoms with E-state index in [2.05, 4.69) is 4.98 Å². The van der Waals surface area contributed by atoms with E-state index in [9.17, 15) is 9.59 Å². The van der Waals surface area contributed by atoms with Crippen molar-refractivity contribution in [1.29, 1.82) is 0 Å². The minimum atomic E-state index is -0.685. The Balaban J connectivity index is 2.36. The number of ether oxygens (including phenoxy) is 1. The summed E-state index contributed by atoms with van der Waals surface area (Å²) in [4.78, 5) is 31.4. The molecule has 1 aromatic heterocycles. The molecule has 2 rings (SSSR count). The van der Waals surface area contributed by atoms with Crippen molar-refractivity contribution in [3.63, 3.8) is 0 Å². The number of rotatable bonds is 7. The molecule has 2 aromatic rings. The summed E-state index contributed by atoms with van der Waals surface area (Å²) >= 11 is 5.87. The SMILES string of the molecule is CC(C)C[C@@H](C(=O)OC(C)(C)C)N(Cc1ccc2ncccc2c1)C(=O)CCl. The molecule has 0 aliphatic heterocycles. The number of esters is 1. The van der Waals surface area contributed by atoms with E-state index < -0.39 is 17.6 Å². The highest BCUT2D eigenvalue weighted by Gasteiger charge is 2.33. The van der Waals surface area contributed by atoms with E-state index >= 15 is 0 Å². The van der Waals surface area contributed by atoms with Gasteiger partial charge in [-0.25, -0.2) is 4.79 Å². The Kier molecular flexibility index (Phi) is 7.41.